The molecule has 1 aromatic heterocycles. The lowest BCUT2D eigenvalue weighted by Crippen LogP contribution is -2.41. The molecule has 1 fully saturated rings. The van der Waals surface area contributed by atoms with E-state index in [4.69, 9.17) is 9.47 Å². The van der Waals surface area contributed by atoms with E-state index in [9.17, 15) is 14.4 Å². The molecular weight excluding hydrogens is 532 g/mol. The van der Waals surface area contributed by atoms with Gasteiger partial charge in [0.1, 0.15) is 17.2 Å². The first-order valence-electron chi connectivity index (χ1n) is 14.9. The van der Waals surface area contributed by atoms with Gasteiger partial charge in [0.15, 0.2) is 0 Å². The van der Waals surface area contributed by atoms with Gasteiger partial charge in [0.05, 0.1) is 24.4 Å². The van der Waals surface area contributed by atoms with Gasteiger partial charge in [-0.1, -0.05) is 18.2 Å². The van der Waals surface area contributed by atoms with Crippen molar-refractivity contribution in [3.8, 4) is 17.2 Å². The van der Waals surface area contributed by atoms with Crippen LogP contribution in [0.25, 0.3) is 0 Å². The molecule has 9 nitrogen and oxygen atoms in total. The van der Waals surface area contributed by atoms with Gasteiger partial charge in [0.25, 0.3) is 5.91 Å². The van der Waals surface area contributed by atoms with E-state index in [-0.39, 0.29) is 23.8 Å². The van der Waals surface area contributed by atoms with Gasteiger partial charge in [-0.15, -0.1) is 0 Å². The van der Waals surface area contributed by atoms with Crippen LogP contribution in [-0.2, 0) is 16.0 Å². The Morgan fingerprint density at radius 3 is 2.79 bits per heavy atom. The number of carbonyl (C=O) groups is 3. The third-order valence-corrected chi connectivity index (χ3v) is 8.16. The van der Waals surface area contributed by atoms with Gasteiger partial charge >= 0.3 is 0 Å². The van der Waals surface area contributed by atoms with E-state index in [0.29, 0.717) is 75.4 Å². The predicted molar refractivity (Wildman–Crippen MR) is 157 cm³/mol. The molecule has 0 saturated carbocycles. The molecule has 3 aromatic rings. The van der Waals surface area contributed by atoms with E-state index in [0.717, 1.165) is 41.8 Å². The number of likely N-dealkylation sites (tertiary alicyclic amines) is 1. The van der Waals surface area contributed by atoms with Crippen molar-refractivity contribution in [3.05, 3.63) is 83.2 Å². The van der Waals surface area contributed by atoms with Crippen LogP contribution in [0, 0.1) is 0 Å². The molecule has 4 aliphatic rings. The Labute approximate surface area is 245 Å². The van der Waals surface area contributed by atoms with Crippen molar-refractivity contribution in [2.24, 2.45) is 0 Å². The highest BCUT2D eigenvalue weighted by Gasteiger charge is 2.32. The molecule has 4 aliphatic heterocycles. The normalized spacial score (nSPS) is 18.8. The number of ether oxygens (including phenoxy) is 2. The zero-order valence-corrected chi connectivity index (χ0v) is 23.7. The highest BCUT2D eigenvalue weighted by molar-refractivity contribution is 5.94. The number of fused-ring (bicyclic) bond motifs is 6. The Hall–Kier alpha value is -4.40. The van der Waals surface area contributed by atoms with Crippen LogP contribution >= 0.6 is 0 Å². The van der Waals surface area contributed by atoms with Gasteiger partial charge in [-0.05, 0) is 79.1 Å². The van der Waals surface area contributed by atoms with Crippen molar-refractivity contribution < 1.29 is 23.9 Å². The summed E-state index contributed by atoms with van der Waals surface area (Å²) in [4.78, 5) is 46.6. The van der Waals surface area contributed by atoms with Crippen LogP contribution in [0.5, 0.6) is 17.2 Å². The summed E-state index contributed by atoms with van der Waals surface area (Å²) < 4.78 is 12.2. The molecule has 7 rings (SSSR count). The molecule has 9 heteroatoms. The molecule has 1 unspecified atom stereocenters. The van der Waals surface area contributed by atoms with Gasteiger partial charge in [0, 0.05) is 45.2 Å². The third-order valence-electron chi connectivity index (χ3n) is 8.16. The smallest absolute Gasteiger partial charge is 0.252 e. The standard InChI is InChI=1S/C33H36N4O5/c38-30-8-1-2-14-36(30)15-4-9-31(39)37-16-12-23-18-27-10-11-29(23)32(37)24-6-3-7-26(19-24)41-17-5-13-35-33(40)25-20-28(42-27)22-34-21-25/h3,6-7,10-11,18-22,32H,1-2,4-5,8-9,12-17H2,(H,35,40). The second-order valence-corrected chi connectivity index (χ2v) is 11.1. The number of nitrogens with zero attached hydrogens (tertiary/aromatic N) is 3. The highest BCUT2D eigenvalue weighted by Crippen LogP contribution is 2.39. The number of rotatable bonds is 4. The lowest BCUT2D eigenvalue weighted by Gasteiger charge is -2.38. The summed E-state index contributed by atoms with van der Waals surface area (Å²) >= 11 is 0. The number of carbonyl (C=O) groups excluding carboxylic acids is 3. The molecule has 8 bridgehead atoms. The zero-order chi connectivity index (χ0) is 28.9. The van der Waals surface area contributed by atoms with E-state index in [1.165, 1.54) is 6.20 Å². The summed E-state index contributed by atoms with van der Waals surface area (Å²) in [5.74, 6) is 1.93. The Morgan fingerprint density at radius 2 is 1.88 bits per heavy atom. The van der Waals surface area contributed by atoms with Crippen LogP contribution in [0.2, 0.25) is 0 Å². The minimum absolute atomic E-state index is 0.0857. The Kier molecular flexibility index (Phi) is 8.35. The molecule has 42 heavy (non-hydrogen) atoms. The average molecular weight is 569 g/mol. The lowest BCUT2D eigenvalue weighted by atomic mass is 9.87. The van der Waals surface area contributed by atoms with Crippen LogP contribution in [0.3, 0.4) is 0 Å². The molecule has 218 valence electrons. The van der Waals surface area contributed by atoms with Crippen molar-refractivity contribution in [1.82, 2.24) is 20.1 Å². The fraction of sp³-hybridized carbons (Fsp3) is 0.394. The van der Waals surface area contributed by atoms with E-state index < -0.39 is 0 Å². The second-order valence-electron chi connectivity index (χ2n) is 11.1. The SMILES string of the molecule is O=C1NCCCOc2cccc(c2)C2c3ccc(cc3CCN2C(=O)CCCN2CCCCC2=O)Oc2cncc1c2. The summed E-state index contributed by atoms with van der Waals surface area (Å²) in [6.45, 7) is 2.89. The van der Waals surface area contributed by atoms with Gasteiger partial charge < -0.3 is 24.6 Å². The molecule has 1 saturated heterocycles. The molecular formula is C33H36N4O5. The predicted octanol–water partition coefficient (Wildman–Crippen LogP) is 4.65. The summed E-state index contributed by atoms with van der Waals surface area (Å²) in [7, 11) is 0. The molecule has 1 atom stereocenters. The van der Waals surface area contributed by atoms with E-state index in [1.54, 1.807) is 12.3 Å². The van der Waals surface area contributed by atoms with Gasteiger partial charge in [-0.25, -0.2) is 0 Å². The van der Waals surface area contributed by atoms with Crippen molar-refractivity contribution in [2.45, 2.75) is 51.0 Å². The number of amides is 3. The molecule has 1 N–H and O–H groups in total. The van der Waals surface area contributed by atoms with Crippen molar-refractivity contribution >= 4 is 17.7 Å². The third kappa shape index (κ3) is 6.25. The quantitative estimate of drug-likeness (QED) is 0.492. The fourth-order valence-corrected chi connectivity index (χ4v) is 6.03. The van der Waals surface area contributed by atoms with E-state index >= 15 is 0 Å². The first kappa shape index (κ1) is 27.8. The van der Waals surface area contributed by atoms with Crippen molar-refractivity contribution in [2.75, 3.05) is 32.8 Å². The van der Waals surface area contributed by atoms with Crippen LogP contribution in [0.4, 0.5) is 0 Å². The maximum atomic E-state index is 13.7. The first-order valence-corrected chi connectivity index (χ1v) is 14.9. The number of nitrogens with one attached hydrogen (secondary N) is 1. The maximum absolute atomic E-state index is 13.7. The number of benzene rings is 2. The molecule has 2 aromatic carbocycles. The van der Waals surface area contributed by atoms with Gasteiger partial charge in [-0.3, -0.25) is 19.4 Å². The molecule has 0 radical (unpaired) electrons. The molecule has 5 heterocycles. The van der Waals surface area contributed by atoms with Crippen molar-refractivity contribution in [3.63, 3.8) is 0 Å². The Morgan fingerprint density at radius 1 is 0.952 bits per heavy atom. The molecule has 0 spiro atoms. The topological polar surface area (TPSA) is 101 Å². The zero-order valence-electron chi connectivity index (χ0n) is 23.7. The number of hydrogen-bond donors (Lipinski definition) is 1. The summed E-state index contributed by atoms with van der Waals surface area (Å²) in [5, 5.41) is 2.91. The summed E-state index contributed by atoms with van der Waals surface area (Å²) in [6.07, 6.45) is 8.09. The first-order chi connectivity index (χ1) is 20.5. The van der Waals surface area contributed by atoms with Crippen molar-refractivity contribution in [1.29, 1.82) is 0 Å². The largest absolute Gasteiger partial charge is 0.494 e. The van der Waals surface area contributed by atoms with Crippen LogP contribution in [-0.4, -0.2) is 65.3 Å². The minimum Gasteiger partial charge on any atom is -0.494 e. The van der Waals surface area contributed by atoms with Crippen LogP contribution < -0.4 is 14.8 Å². The lowest BCUT2D eigenvalue weighted by molar-refractivity contribution is -0.136. The monoisotopic (exact) mass is 568 g/mol. The van der Waals surface area contributed by atoms with E-state index in [1.807, 2.05) is 52.3 Å². The summed E-state index contributed by atoms with van der Waals surface area (Å²) in [6, 6.07) is 15.3. The van der Waals surface area contributed by atoms with Crippen LogP contribution in [0.1, 0.15) is 71.6 Å². The van der Waals surface area contributed by atoms with Crippen LogP contribution in [0.15, 0.2) is 60.9 Å². The summed E-state index contributed by atoms with van der Waals surface area (Å²) in [5.41, 5.74) is 3.57. The molecule has 3 amide bonds. The highest BCUT2D eigenvalue weighted by atomic mass is 16.5. The van der Waals surface area contributed by atoms with Gasteiger partial charge in [-0.2, -0.15) is 0 Å². The number of pyridine rings is 1. The molecule has 0 aliphatic carbocycles. The number of piperidine rings is 1. The fourth-order valence-electron chi connectivity index (χ4n) is 6.03. The average Bonchev–Trinajstić information content (AvgIpc) is 3.01. The van der Waals surface area contributed by atoms with Gasteiger partial charge in [0.2, 0.25) is 11.8 Å². The second kappa shape index (κ2) is 12.6. The maximum Gasteiger partial charge on any atom is 0.252 e. The Bertz CT molecular complexity index is 1470. The minimum atomic E-state index is -0.265. The number of aromatic nitrogens is 1. The Balaban J connectivity index is 1.29. The van der Waals surface area contributed by atoms with E-state index in [2.05, 4.69) is 10.3 Å². The number of hydrogen-bond acceptors (Lipinski definition) is 6.